The highest BCUT2D eigenvalue weighted by molar-refractivity contribution is 6.19. The lowest BCUT2D eigenvalue weighted by Gasteiger charge is -2.41. The molecule has 0 bridgehead atoms. The molecule has 292 valence electrons. The fourth-order valence-electron chi connectivity index (χ4n) is 9.53. The van der Waals surface area contributed by atoms with Gasteiger partial charge in [0, 0.05) is 25.3 Å². The molecule has 4 nitrogen and oxygen atoms in total. The number of carboxylic acids is 1. The van der Waals surface area contributed by atoms with E-state index in [9.17, 15) is 14.7 Å². The summed E-state index contributed by atoms with van der Waals surface area (Å²) in [6.45, 7) is 14.2. The molecule has 58 heavy (non-hydrogen) atoms. The molecule has 0 radical (unpaired) electrons. The highest BCUT2D eigenvalue weighted by Gasteiger charge is 2.38. The topological polar surface area (TPSA) is 57.6 Å². The van der Waals surface area contributed by atoms with Crippen LogP contribution in [-0.2, 0) is 17.3 Å². The Morgan fingerprint density at radius 2 is 1.48 bits per heavy atom. The summed E-state index contributed by atoms with van der Waals surface area (Å²) in [5.41, 5.74) is 12.8. The first kappa shape index (κ1) is 38.9. The van der Waals surface area contributed by atoms with Gasteiger partial charge in [-0.25, -0.2) is 4.79 Å². The van der Waals surface area contributed by atoms with E-state index in [1.165, 1.54) is 44.3 Å². The van der Waals surface area contributed by atoms with Crippen LogP contribution in [0.2, 0.25) is 0 Å². The maximum atomic E-state index is 14.5. The second-order valence-electron chi connectivity index (χ2n) is 18.6. The summed E-state index contributed by atoms with van der Waals surface area (Å²) in [5.74, 6) is -1.08. The second-order valence-corrected chi connectivity index (χ2v) is 18.6. The van der Waals surface area contributed by atoms with E-state index in [4.69, 9.17) is 0 Å². The summed E-state index contributed by atoms with van der Waals surface area (Å²) >= 11 is 0. The maximum Gasteiger partial charge on any atom is 0.335 e. The second kappa shape index (κ2) is 14.4. The molecule has 0 amide bonds. The molecule has 6 aromatic carbocycles. The number of carbonyl (C=O) groups is 2. The number of anilines is 1. The van der Waals surface area contributed by atoms with Crippen LogP contribution in [0, 0.1) is 5.41 Å². The average molecular weight is 764 g/mol. The monoisotopic (exact) mass is 763 g/mol. The van der Waals surface area contributed by atoms with E-state index in [1.807, 2.05) is 18.2 Å². The van der Waals surface area contributed by atoms with Gasteiger partial charge >= 0.3 is 5.97 Å². The van der Waals surface area contributed by atoms with Gasteiger partial charge in [0.15, 0.2) is 5.78 Å². The molecule has 0 aromatic heterocycles. The quantitative estimate of drug-likeness (QED) is 0.118. The van der Waals surface area contributed by atoms with Crippen molar-refractivity contribution < 1.29 is 14.7 Å². The summed E-state index contributed by atoms with van der Waals surface area (Å²) < 4.78 is 0. The number of hydrogen-bond donors (Lipinski definition) is 1. The smallest absolute Gasteiger partial charge is 0.335 e. The van der Waals surface area contributed by atoms with Crippen LogP contribution in [-0.4, -0.2) is 31.0 Å². The highest BCUT2D eigenvalue weighted by atomic mass is 16.4. The zero-order valence-electron chi connectivity index (χ0n) is 35.0. The zero-order valence-corrected chi connectivity index (χ0v) is 35.0. The van der Waals surface area contributed by atoms with Crippen LogP contribution in [0.4, 0.5) is 5.69 Å². The van der Waals surface area contributed by atoms with Gasteiger partial charge in [-0.05, 0) is 138 Å². The lowest BCUT2D eigenvalue weighted by atomic mass is 9.63. The van der Waals surface area contributed by atoms with Crippen LogP contribution in [0.15, 0.2) is 133 Å². The summed E-state index contributed by atoms with van der Waals surface area (Å²) in [5, 5.41) is 13.8. The van der Waals surface area contributed by atoms with Crippen LogP contribution in [0.3, 0.4) is 0 Å². The van der Waals surface area contributed by atoms with Crippen LogP contribution in [0.1, 0.15) is 103 Å². The number of hydrogen-bond acceptors (Lipinski definition) is 3. The van der Waals surface area contributed by atoms with Gasteiger partial charge in [-0.15, -0.1) is 0 Å². The molecule has 2 aliphatic rings. The van der Waals surface area contributed by atoms with Gasteiger partial charge in [0.1, 0.15) is 0 Å². The van der Waals surface area contributed by atoms with Crippen LogP contribution in [0.25, 0.3) is 44.3 Å². The minimum Gasteiger partial charge on any atom is -0.478 e. The van der Waals surface area contributed by atoms with Gasteiger partial charge < -0.3 is 10.0 Å². The minimum atomic E-state index is -0.979. The number of allylic oxidation sites excluding steroid dienone is 5. The molecule has 0 heterocycles. The Morgan fingerprint density at radius 1 is 0.793 bits per heavy atom. The Morgan fingerprint density at radius 3 is 2.19 bits per heavy atom. The van der Waals surface area contributed by atoms with Gasteiger partial charge in [0.2, 0.25) is 0 Å². The fraction of sp³-hybridized carbons (Fsp3) is 0.259. The Bertz CT molecular complexity index is 2720. The largest absolute Gasteiger partial charge is 0.478 e. The number of rotatable bonds is 9. The lowest BCUT2D eigenvalue weighted by Crippen LogP contribution is -2.28. The van der Waals surface area contributed by atoms with Crippen LogP contribution in [0.5, 0.6) is 0 Å². The van der Waals surface area contributed by atoms with E-state index < -0.39 is 5.97 Å². The SMILES string of the molecule is CN(C)c1ccc(C(C)(C)Cc2cc(-c3ccc4ccccc4c3C(=O)C=Cc3ccc(C(=O)O)cc3)cc3ccc4c(c23)C(C)(C)CC2=C4C=CC(C)(C)C2)cc1. The van der Waals surface area contributed by atoms with E-state index in [1.54, 1.807) is 42.0 Å². The average Bonchev–Trinajstić information content (AvgIpc) is 3.18. The van der Waals surface area contributed by atoms with Crippen LogP contribution >= 0.6 is 0 Å². The molecule has 2 aliphatic carbocycles. The van der Waals surface area contributed by atoms with Crippen LogP contribution < -0.4 is 4.90 Å². The molecule has 0 unspecified atom stereocenters. The van der Waals surface area contributed by atoms with E-state index in [2.05, 4.69) is 139 Å². The van der Waals surface area contributed by atoms with Crippen molar-refractivity contribution in [2.75, 3.05) is 19.0 Å². The molecule has 0 saturated carbocycles. The molecular formula is C54H53NO3. The number of benzene rings is 6. The summed E-state index contributed by atoms with van der Waals surface area (Å²) in [6, 6.07) is 37.2. The van der Waals surface area contributed by atoms with Gasteiger partial charge in [0.25, 0.3) is 0 Å². The van der Waals surface area contributed by atoms with Gasteiger partial charge in [-0.3, -0.25) is 4.79 Å². The normalized spacial score (nSPS) is 15.8. The lowest BCUT2D eigenvalue weighted by molar-refractivity contribution is 0.0696. The number of ketones is 1. The molecule has 0 saturated heterocycles. The van der Waals surface area contributed by atoms with Gasteiger partial charge in [-0.1, -0.05) is 144 Å². The third kappa shape index (κ3) is 7.21. The van der Waals surface area contributed by atoms with Crippen molar-refractivity contribution in [2.24, 2.45) is 5.41 Å². The number of carbonyl (C=O) groups excluding carboxylic acids is 1. The third-order valence-electron chi connectivity index (χ3n) is 12.4. The maximum absolute atomic E-state index is 14.5. The van der Waals surface area contributed by atoms with Crippen molar-refractivity contribution in [3.63, 3.8) is 0 Å². The number of nitrogens with zero attached hydrogens (tertiary/aromatic N) is 1. The fourth-order valence-corrected chi connectivity index (χ4v) is 9.53. The first-order chi connectivity index (χ1) is 27.5. The zero-order chi connectivity index (χ0) is 41.1. The number of fused-ring (bicyclic) bond motifs is 5. The molecule has 1 N–H and O–H groups in total. The predicted octanol–water partition coefficient (Wildman–Crippen LogP) is 13.3. The standard InChI is InChI=1S/C54H53NO3/c1-52(2)28-27-43-40(31-52)33-54(5,6)50-46(43)25-19-37-29-38(30-39(48(37)50)32-53(3,4)41-20-22-42(23-21-41)55(7)8)45-24-18-35-11-9-10-12-44(35)49(45)47(56)26-15-34-13-16-36(17-14-34)51(57)58/h9-30H,31-33H2,1-8H3,(H,57,58). The Hall–Kier alpha value is -6.00. The number of carboxylic acid groups (broad SMARTS) is 1. The van der Waals surface area contributed by atoms with Gasteiger partial charge in [0.05, 0.1) is 5.56 Å². The Balaban J connectivity index is 1.33. The minimum absolute atomic E-state index is 0.0831. The highest BCUT2D eigenvalue weighted by Crippen LogP contribution is 2.52. The summed E-state index contributed by atoms with van der Waals surface area (Å²) in [7, 11) is 4.15. The molecule has 0 aliphatic heterocycles. The molecule has 4 heteroatoms. The first-order valence-electron chi connectivity index (χ1n) is 20.4. The number of aromatic carboxylic acids is 1. The van der Waals surface area contributed by atoms with Crippen molar-refractivity contribution in [3.8, 4) is 11.1 Å². The molecule has 0 fully saturated rings. The van der Waals surface area contributed by atoms with E-state index >= 15 is 0 Å². The van der Waals surface area contributed by atoms with Crippen molar-refractivity contribution >= 4 is 50.6 Å². The molecule has 8 rings (SSSR count). The summed E-state index contributed by atoms with van der Waals surface area (Å²) in [4.78, 5) is 28.1. The van der Waals surface area contributed by atoms with Crippen molar-refractivity contribution in [3.05, 3.63) is 172 Å². The van der Waals surface area contributed by atoms with Crippen molar-refractivity contribution in [2.45, 2.75) is 71.6 Å². The summed E-state index contributed by atoms with van der Waals surface area (Å²) in [6.07, 6.45) is 11.1. The predicted molar refractivity (Wildman–Crippen MR) is 243 cm³/mol. The van der Waals surface area contributed by atoms with Gasteiger partial charge in [-0.2, -0.15) is 0 Å². The Kier molecular flexibility index (Phi) is 9.67. The van der Waals surface area contributed by atoms with Crippen molar-refractivity contribution in [1.82, 2.24) is 0 Å². The Labute approximate surface area is 343 Å². The van der Waals surface area contributed by atoms with E-state index in [-0.39, 0.29) is 27.6 Å². The first-order valence-corrected chi connectivity index (χ1v) is 20.4. The molecule has 0 spiro atoms. The molecule has 0 atom stereocenters. The van der Waals surface area contributed by atoms with E-state index in [0.717, 1.165) is 46.7 Å². The third-order valence-corrected chi connectivity index (χ3v) is 12.4. The van der Waals surface area contributed by atoms with Crippen molar-refractivity contribution in [1.29, 1.82) is 0 Å². The van der Waals surface area contributed by atoms with E-state index in [0.29, 0.717) is 5.56 Å². The molecular weight excluding hydrogens is 711 g/mol. The molecule has 6 aromatic rings.